The van der Waals surface area contributed by atoms with Crippen LogP contribution in [0.3, 0.4) is 0 Å². The summed E-state index contributed by atoms with van der Waals surface area (Å²) in [5, 5.41) is 0. The van der Waals surface area contributed by atoms with Gasteiger partial charge in [-0.2, -0.15) is 0 Å². The molecular weight excluding hydrogens is 1220 g/mol. The van der Waals surface area contributed by atoms with Gasteiger partial charge in [0.2, 0.25) is 0 Å². The van der Waals surface area contributed by atoms with Crippen LogP contribution < -0.4 is 168 Å². The van der Waals surface area contributed by atoms with Crippen LogP contribution in [-0.4, -0.2) is 83.2 Å². The number of benzene rings is 6. The Hall–Kier alpha value is -0.191. The van der Waals surface area contributed by atoms with Gasteiger partial charge in [0.15, 0.2) is 15.0 Å². The zero-order valence-corrected chi connectivity index (χ0v) is 57.1. The quantitative estimate of drug-likeness (QED) is 0.0254. The van der Waals surface area contributed by atoms with E-state index in [4.69, 9.17) is 43.6 Å². The van der Waals surface area contributed by atoms with Crippen LogP contribution in [-0.2, 0) is 63.3 Å². The maximum Gasteiger partial charge on any atom is 1.00 e. The zero-order valence-electron chi connectivity index (χ0n) is 42.6. The van der Waals surface area contributed by atoms with Crippen molar-refractivity contribution < 1.29 is 250 Å². The molecule has 6 aromatic rings. The van der Waals surface area contributed by atoms with E-state index in [0.717, 1.165) is 16.7 Å². The number of ether oxygens (including phenoxy) is 3. The van der Waals surface area contributed by atoms with Crippen LogP contribution in [0.15, 0.2) is 164 Å². The van der Waals surface area contributed by atoms with Crippen LogP contribution in [0, 0.1) is 0 Å². The fourth-order valence-electron chi connectivity index (χ4n) is 7.05. The summed E-state index contributed by atoms with van der Waals surface area (Å²) in [5.74, 6) is 3.76. The second kappa shape index (κ2) is 36.0. The minimum atomic E-state index is -5.06. The van der Waals surface area contributed by atoms with Gasteiger partial charge in [0.25, 0.3) is 0 Å². The van der Waals surface area contributed by atoms with Crippen molar-refractivity contribution in [2.24, 2.45) is 0 Å². The molecule has 0 aromatic heterocycles. The predicted molar refractivity (Wildman–Crippen MR) is 274 cm³/mol. The van der Waals surface area contributed by atoms with Gasteiger partial charge < -0.3 is 57.2 Å². The average molecular weight is 1270 g/mol. The monoisotopic (exact) mass is 1270 g/mol. The minimum absolute atomic E-state index is 0. The van der Waals surface area contributed by atoms with Crippen molar-refractivity contribution >= 4 is 53.1 Å². The van der Waals surface area contributed by atoms with Crippen molar-refractivity contribution in [1.29, 1.82) is 0 Å². The molecule has 30 heteroatoms. The van der Waals surface area contributed by atoms with E-state index in [2.05, 4.69) is 0 Å². The molecule has 6 N–H and O–H groups in total. The first-order valence-electron chi connectivity index (χ1n) is 22.4. The third-order valence-electron chi connectivity index (χ3n) is 10.5. The summed E-state index contributed by atoms with van der Waals surface area (Å²) in [6.07, 6.45) is 0.303. The van der Waals surface area contributed by atoms with Crippen molar-refractivity contribution in [3.8, 4) is 34.5 Å². The Kier molecular flexibility index (Phi) is 34.9. The van der Waals surface area contributed by atoms with E-state index in [-0.39, 0.29) is 173 Å². The Bertz CT molecular complexity index is 2900. The maximum atomic E-state index is 11.2. The SMILES string of the molecule is O=P(O)(O)[C@H](CCCc1cccc(Oc2ccccc2)c1)S(=O)(=O)[O-].O=P(O)(O)[C@H](CCCc1cccc(Oc2ccccc2)c1)S(=O)(=O)[O-].O=P(O)(O)[C@H](CCCc1cccc(Oc2ccccc2)c1)S(=O)(=O)[O-].[K+].[K+].[K+]. The van der Waals surface area contributed by atoms with Crippen LogP contribution in [0.4, 0.5) is 0 Å². The number of rotatable bonds is 24. The number of aryl methyl sites for hydroxylation is 3. The van der Waals surface area contributed by atoms with Crippen LogP contribution in [0.2, 0.25) is 0 Å². The van der Waals surface area contributed by atoms with Crippen molar-refractivity contribution in [2.75, 3.05) is 0 Å². The van der Waals surface area contributed by atoms with E-state index >= 15 is 0 Å². The van der Waals surface area contributed by atoms with Gasteiger partial charge in [0.1, 0.15) is 64.9 Å². The largest absolute Gasteiger partial charge is 1.00 e. The van der Waals surface area contributed by atoms with E-state index in [9.17, 15) is 52.6 Å². The molecule has 0 saturated carbocycles. The second-order valence-corrected chi connectivity index (χ2v) is 27.6. The molecule has 0 heterocycles. The molecule has 0 fully saturated rings. The van der Waals surface area contributed by atoms with Gasteiger partial charge in [0, 0.05) is 0 Å². The molecule has 3 atom stereocenters. The fraction of sp³-hybridized carbons (Fsp3) is 0.250. The van der Waals surface area contributed by atoms with Crippen LogP contribution in [0.25, 0.3) is 0 Å². The number of hydrogen-bond acceptors (Lipinski definition) is 15. The molecule has 0 spiro atoms. The Morgan fingerprint density at radius 3 is 0.744 bits per heavy atom. The first-order valence-corrected chi connectivity index (χ1v) is 31.9. The van der Waals surface area contributed by atoms with E-state index in [1.54, 1.807) is 109 Å². The molecule has 408 valence electrons. The standard InChI is InChI=1S/3C16H19O7PS.3K/c3*17-24(18,19)16(25(20,21)22)11-5-7-13-6-4-10-15(12-13)23-14-8-2-1-3-9-14;;;/h3*1-4,6,8-10,12,16H,5,7,11H2,(H2,17,18,19)(H,20,21,22);;;/q;;;3*+1/p-3/t3*16-;;;/m000.../s1. The van der Waals surface area contributed by atoms with Gasteiger partial charge in [-0.3, -0.25) is 13.7 Å². The fourth-order valence-corrected chi connectivity index (χ4v) is 14.0. The Morgan fingerprint density at radius 2 is 0.551 bits per heavy atom. The first-order chi connectivity index (χ1) is 35.0. The molecule has 0 amide bonds. The molecule has 0 unspecified atom stereocenters. The van der Waals surface area contributed by atoms with E-state index in [1.165, 1.54) is 0 Å². The normalized spacial score (nSPS) is 12.9. The van der Waals surface area contributed by atoms with E-state index < -0.39 is 87.4 Å². The van der Waals surface area contributed by atoms with Gasteiger partial charge in [-0.1, -0.05) is 91.0 Å². The Morgan fingerprint density at radius 1 is 0.346 bits per heavy atom. The molecular formula is C48H54K3O21P3S3. The predicted octanol–water partition coefficient (Wildman–Crippen LogP) is -0.436. The molecule has 21 nitrogen and oxygen atoms in total. The number of hydrogen-bond donors (Lipinski definition) is 6. The third kappa shape index (κ3) is 29.6. The molecule has 0 aliphatic heterocycles. The van der Waals surface area contributed by atoms with E-state index in [1.807, 2.05) is 54.6 Å². The van der Waals surface area contributed by atoms with Crippen molar-refractivity contribution in [3.63, 3.8) is 0 Å². The minimum Gasteiger partial charge on any atom is -0.747 e. The Balaban J connectivity index is 0.000000574. The smallest absolute Gasteiger partial charge is 0.747 e. The summed E-state index contributed by atoms with van der Waals surface area (Å²) in [6.45, 7) is 0. The van der Waals surface area contributed by atoms with Crippen LogP contribution in [0.1, 0.15) is 55.2 Å². The summed E-state index contributed by atoms with van der Waals surface area (Å²) < 4.78 is 150. The first kappa shape index (κ1) is 75.8. The van der Waals surface area contributed by atoms with Crippen LogP contribution >= 0.6 is 22.8 Å². The zero-order chi connectivity index (χ0) is 55.5. The van der Waals surface area contributed by atoms with E-state index in [0.29, 0.717) is 53.8 Å². The van der Waals surface area contributed by atoms with Gasteiger partial charge in [-0.25, -0.2) is 25.3 Å². The molecule has 0 aliphatic carbocycles. The van der Waals surface area contributed by atoms with Crippen molar-refractivity contribution in [2.45, 2.75) is 72.8 Å². The molecule has 6 rings (SSSR count). The second-order valence-electron chi connectivity index (χ2n) is 16.5. The topological polar surface area (TPSA) is 372 Å². The van der Waals surface area contributed by atoms with Crippen molar-refractivity contribution in [3.05, 3.63) is 180 Å². The van der Waals surface area contributed by atoms with Gasteiger partial charge >= 0.3 is 177 Å². The maximum absolute atomic E-state index is 11.2. The molecule has 0 aliphatic rings. The number of para-hydroxylation sites is 3. The Labute approximate surface area is 581 Å². The summed E-state index contributed by atoms with van der Waals surface area (Å²) in [4.78, 5) is 47.6. The third-order valence-corrected chi connectivity index (χ3v) is 21.0. The van der Waals surface area contributed by atoms with Gasteiger partial charge in [0.05, 0.1) is 0 Å². The van der Waals surface area contributed by atoms with Crippen molar-refractivity contribution in [1.82, 2.24) is 0 Å². The molecule has 6 aromatic carbocycles. The molecule has 0 saturated heterocycles. The summed E-state index contributed by atoms with van der Waals surface area (Å²) in [5.41, 5.74) is 2.42. The average Bonchev–Trinajstić information content (AvgIpc) is 3.30. The summed E-state index contributed by atoms with van der Waals surface area (Å²) >= 11 is 0. The van der Waals surface area contributed by atoms with Gasteiger partial charge in [-0.05, 0) is 147 Å². The van der Waals surface area contributed by atoms with Gasteiger partial charge in [-0.15, -0.1) is 0 Å². The molecule has 0 radical (unpaired) electrons. The summed E-state index contributed by atoms with van der Waals surface area (Å²) in [6, 6.07) is 48.6. The molecule has 78 heavy (non-hydrogen) atoms. The molecule has 0 bridgehead atoms. The van der Waals surface area contributed by atoms with Crippen LogP contribution in [0.5, 0.6) is 34.5 Å². The summed E-state index contributed by atoms with van der Waals surface area (Å²) in [7, 11) is -30.2.